The number of carbonyl (C=O) groups excluding carboxylic acids is 1. The zero-order chi connectivity index (χ0) is 15.5. The van der Waals surface area contributed by atoms with Crippen molar-refractivity contribution in [3.63, 3.8) is 0 Å². The highest BCUT2D eigenvalue weighted by Crippen LogP contribution is 2.34. The van der Waals surface area contributed by atoms with Gasteiger partial charge in [-0.05, 0) is 30.3 Å². The molecule has 0 bridgehead atoms. The minimum absolute atomic E-state index is 0.0552. The summed E-state index contributed by atoms with van der Waals surface area (Å²) in [7, 11) is 0. The van der Waals surface area contributed by atoms with Gasteiger partial charge in [0, 0.05) is 22.2 Å². The number of para-hydroxylation sites is 1. The van der Waals surface area contributed by atoms with Gasteiger partial charge < -0.3 is 9.64 Å². The molecule has 0 saturated heterocycles. The second-order valence-electron chi connectivity index (χ2n) is 4.72. The molecule has 1 aliphatic heterocycles. The van der Waals surface area contributed by atoms with Crippen molar-refractivity contribution in [1.29, 1.82) is 0 Å². The summed E-state index contributed by atoms with van der Waals surface area (Å²) in [6.07, 6.45) is 0. The summed E-state index contributed by atoms with van der Waals surface area (Å²) in [6, 6.07) is 12.8. The van der Waals surface area contributed by atoms with Gasteiger partial charge in [0.1, 0.15) is 5.75 Å². The molecule has 0 saturated carbocycles. The lowest BCUT2D eigenvalue weighted by Crippen LogP contribution is -2.38. The third-order valence-electron chi connectivity index (χ3n) is 3.27. The summed E-state index contributed by atoms with van der Waals surface area (Å²) in [5.74, 6) is 1.25. The van der Waals surface area contributed by atoms with E-state index in [0.717, 1.165) is 16.3 Å². The molecule has 0 spiro atoms. The van der Waals surface area contributed by atoms with Crippen molar-refractivity contribution in [3.8, 4) is 5.75 Å². The van der Waals surface area contributed by atoms with Crippen molar-refractivity contribution in [2.24, 2.45) is 0 Å². The van der Waals surface area contributed by atoms with E-state index in [4.69, 9.17) is 27.9 Å². The maximum Gasteiger partial charge on any atom is 0.264 e. The quantitative estimate of drug-likeness (QED) is 0.812. The van der Waals surface area contributed by atoms with E-state index >= 15 is 0 Å². The number of fused-ring (bicyclic) bond motifs is 1. The second kappa shape index (κ2) is 6.82. The number of carbonyl (C=O) groups is 1. The zero-order valence-corrected chi connectivity index (χ0v) is 13.9. The first kappa shape index (κ1) is 15.5. The molecule has 1 heterocycles. The molecule has 2 aromatic carbocycles. The van der Waals surface area contributed by atoms with Gasteiger partial charge in [0.05, 0.1) is 10.7 Å². The first-order chi connectivity index (χ1) is 10.6. The highest BCUT2D eigenvalue weighted by molar-refractivity contribution is 7.99. The van der Waals surface area contributed by atoms with Crippen LogP contribution in [0.5, 0.6) is 5.75 Å². The Morgan fingerprint density at radius 3 is 2.86 bits per heavy atom. The lowest BCUT2D eigenvalue weighted by molar-refractivity contribution is -0.120. The molecule has 0 unspecified atom stereocenters. The van der Waals surface area contributed by atoms with Crippen LogP contribution in [0.25, 0.3) is 0 Å². The molecular formula is C16H13Cl2NO2S. The molecular weight excluding hydrogens is 341 g/mol. The first-order valence-electron chi connectivity index (χ1n) is 6.75. The van der Waals surface area contributed by atoms with E-state index in [1.165, 1.54) is 0 Å². The van der Waals surface area contributed by atoms with E-state index in [9.17, 15) is 4.79 Å². The molecule has 2 aromatic rings. The van der Waals surface area contributed by atoms with Crippen LogP contribution in [-0.4, -0.2) is 24.8 Å². The van der Waals surface area contributed by atoms with E-state index < -0.39 is 0 Å². The van der Waals surface area contributed by atoms with Gasteiger partial charge in [0.2, 0.25) is 0 Å². The van der Waals surface area contributed by atoms with Crippen LogP contribution in [0.15, 0.2) is 47.4 Å². The minimum atomic E-state index is -0.0845. The van der Waals surface area contributed by atoms with Crippen molar-refractivity contribution in [2.45, 2.75) is 4.90 Å². The van der Waals surface area contributed by atoms with Crippen LogP contribution < -0.4 is 9.64 Å². The molecule has 0 fully saturated rings. The molecule has 0 atom stereocenters. The van der Waals surface area contributed by atoms with Gasteiger partial charge in [-0.2, -0.15) is 0 Å². The monoisotopic (exact) mass is 353 g/mol. The number of thioether (sulfide) groups is 1. The average molecular weight is 354 g/mol. The Labute approximate surface area is 143 Å². The highest BCUT2D eigenvalue weighted by Gasteiger charge is 2.23. The Morgan fingerprint density at radius 1 is 1.23 bits per heavy atom. The van der Waals surface area contributed by atoms with Crippen LogP contribution in [0, 0.1) is 0 Å². The number of anilines is 1. The topological polar surface area (TPSA) is 29.5 Å². The van der Waals surface area contributed by atoms with Gasteiger partial charge in [0.25, 0.3) is 5.91 Å². The first-order valence-corrected chi connectivity index (χ1v) is 8.49. The molecule has 3 rings (SSSR count). The molecule has 0 N–H and O–H groups in total. The van der Waals surface area contributed by atoms with Gasteiger partial charge in [0.15, 0.2) is 6.61 Å². The van der Waals surface area contributed by atoms with Crippen LogP contribution in [0.1, 0.15) is 0 Å². The van der Waals surface area contributed by atoms with Gasteiger partial charge in [-0.15, -0.1) is 11.8 Å². The van der Waals surface area contributed by atoms with Crippen LogP contribution in [-0.2, 0) is 4.79 Å². The third-order valence-corrected chi connectivity index (χ3v) is 4.85. The number of hydrogen-bond acceptors (Lipinski definition) is 3. The van der Waals surface area contributed by atoms with E-state index in [0.29, 0.717) is 22.3 Å². The van der Waals surface area contributed by atoms with Crippen LogP contribution in [0.2, 0.25) is 10.0 Å². The number of halogens is 2. The summed E-state index contributed by atoms with van der Waals surface area (Å²) >= 11 is 13.6. The maximum atomic E-state index is 12.4. The normalized spacial score (nSPS) is 13.6. The summed E-state index contributed by atoms with van der Waals surface area (Å²) in [4.78, 5) is 15.3. The number of ether oxygens (including phenoxy) is 1. The fourth-order valence-electron chi connectivity index (χ4n) is 2.24. The van der Waals surface area contributed by atoms with Crippen LogP contribution in [0.3, 0.4) is 0 Å². The third kappa shape index (κ3) is 3.35. The SMILES string of the molecule is O=C(COc1ccc(Cl)cc1Cl)N1CCSc2ccccc21. The summed E-state index contributed by atoms with van der Waals surface area (Å²) < 4.78 is 5.53. The average Bonchev–Trinajstić information content (AvgIpc) is 2.53. The number of rotatable bonds is 3. The predicted octanol–water partition coefficient (Wildman–Crippen LogP) is 4.51. The fourth-order valence-corrected chi connectivity index (χ4v) is 3.70. The van der Waals surface area contributed by atoms with Gasteiger partial charge in [-0.1, -0.05) is 35.3 Å². The number of nitrogens with zero attached hydrogens (tertiary/aromatic N) is 1. The number of benzene rings is 2. The molecule has 0 radical (unpaired) electrons. The van der Waals surface area contributed by atoms with Gasteiger partial charge >= 0.3 is 0 Å². The maximum absolute atomic E-state index is 12.4. The second-order valence-corrected chi connectivity index (χ2v) is 6.71. The highest BCUT2D eigenvalue weighted by atomic mass is 35.5. The molecule has 0 aliphatic carbocycles. The van der Waals surface area contributed by atoms with Crippen molar-refractivity contribution < 1.29 is 9.53 Å². The van der Waals surface area contributed by atoms with E-state index in [1.54, 1.807) is 34.9 Å². The summed E-state index contributed by atoms with van der Waals surface area (Å²) in [5, 5.41) is 0.931. The van der Waals surface area contributed by atoms with Crippen LogP contribution in [0.4, 0.5) is 5.69 Å². The fraction of sp³-hybridized carbons (Fsp3) is 0.188. The Kier molecular flexibility index (Phi) is 4.81. The van der Waals surface area contributed by atoms with Crippen LogP contribution >= 0.6 is 35.0 Å². The Hall–Kier alpha value is -1.36. The lowest BCUT2D eigenvalue weighted by atomic mass is 10.2. The molecule has 3 nitrogen and oxygen atoms in total. The molecule has 0 aromatic heterocycles. The lowest BCUT2D eigenvalue weighted by Gasteiger charge is -2.28. The summed E-state index contributed by atoms with van der Waals surface area (Å²) in [6.45, 7) is 0.624. The Bertz CT molecular complexity index is 708. The van der Waals surface area contributed by atoms with Gasteiger partial charge in [-0.3, -0.25) is 4.79 Å². The molecule has 6 heteroatoms. The Morgan fingerprint density at radius 2 is 2.05 bits per heavy atom. The van der Waals surface area contributed by atoms with Crippen molar-refractivity contribution in [1.82, 2.24) is 0 Å². The van der Waals surface area contributed by atoms with E-state index in [1.807, 2.05) is 24.3 Å². The standard InChI is InChI=1S/C16H13Cl2NO2S/c17-11-5-6-14(12(18)9-11)21-10-16(20)19-7-8-22-15-4-2-1-3-13(15)19/h1-6,9H,7-8,10H2. The molecule has 1 aliphatic rings. The molecule has 22 heavy (non-hydrogen) atoms. The van der Waals surface area contributed by atoms with Crippen molar-refractivity contribution in [2.75, 3.05) is 23.8 Å². The van der Waals surface area contributed by atoms with Crippen molar-refractivity contribution in [3.05, 3.63) is 52.5 Å². The minimum Gasteiger partial charge on any atom is -0.482 e. The van der Waals surface area contributed by atoms with E-state index in [2.05, 4.69) is 0 Å². The molecule has 114 valence electrons. The number of amides is 1. The zero-order valence-electron chi connectivity index (χ0n) is 11.6. The molecule has 1 amide bonds. The smallest absolute Gasteiger partial charge is 0.264 e. The number of hydrogen-bond donors (Lipinski definition) is 0. The van der Waals surface area contributed by atoms with Gasteiger partial charge in [-0.25, -0.2) is 0 Å². The Balaban J connectivity index is 1.70. The van der Waals surface area contributed by atoms with Crippen molar-refractivity contribution >= 4 is 46.6 Å². The van der Waals surface area contributed by atoms with E-state index in [-0.39, 0.29) is 12.5 Å². The largest absolute Gasteiger partial charge is 0.482 e. The predicted molar refractivity (Wildman–Crippen MR) is 91.5 cm³/mol. The summed E-state index contributed by atoms with van der Waals surface area (Å²) in [5.41, 5.74) is 0.939.